The second-order valence-electron chi connectivity index (χ2n) is 6.19. The van der Waals surface area contributed by atoms with Crippen LogP contribution in [0.15, 0.2) is 0 Å². The van der Waals surface area contributed by atoms with Gasteiger partial charge in [0.15, 0.2) is 0 Å². The molecule has 0 aromatic heterocycles. The van der Waals surface area contributed by atoms with Gasteiger partial charge in [-0.3, -0.25) is 4.90 Å². The molecule has 3 nitrogen and oxygen atoms in total. The molecule has 94 valence electrons. The van der Waals surface area contributed by atoms with E-state index in [-0.39, 0.29) is 5.60 Å². The molecular weight excluding hydrogens is 200 g/mol. The second-order valence-corrected chi connectivity index (χ2v) is 6.19. The third-order valence-corrected chi connectivity index (χ3v) is 3.55. The van der Waals surface area contributed by atoms with Gasteiger partial charge in [-0.05, 0) is 46.6 Å². The Balaban J connectivity index is 1.70. The predicted octanol–water partition coefficient (Wildman–Crippen LogP) is 1.63. The third-order valence-electron chi connectivity index (χ3n) is 3.55. The Bertz CT molecular complexity index is 224. The molecule has 2 aliphatic rings. The largest absolute Gasteiger partial charge is 0.375 e. The van der Waals surface area contributed by atoms with Gasteiger partial charge >= 0.3 is 0 Å². The van der Waals surface area contributed by atoms with Gasteiger partial charge in [0.1, 0.15) is 0 Å². The number of hydrogen-bond acceptors (Lipinski definition) is 3. The number of nitrogens with zero attached hydrogens (tertiary/aromatic N) is 1. The molecule has 0 radical (unpaired) electrons. The highest BCUT2D eigenvalue weighted by molar-refractivity contribution is 4.89. The quantitative estimate of drug-likeness (QED) is 0.791. The summed E-state index contributed by atoms with van der Waals surface area (Å²) in [6.45, 7) is 10.8. The lowest BCUT2D eigenvalue weighted by atomic mass is 10.1. The van der Waals surface area contributed by atoms with Gasteiger partial charge in [0.05, 0.1) is 12.2 Å². The maximum absolute atomic E-state index is 5.79. The van der Waals surface area contributed by atoms with E-state index in [1.807, 2.05) is 0 Å². The van der Waals surface area contributed by atoms with E-state index in [2.05, 4.69) is 31.0 Å². The average Bonchev–Trinajstić information content (AvgIpc) is 2.48. The van der Waals surface area contributed by atoms with E-state index in [4.69, 9.17) is 4.74 Å². The Morgan fingerprint density at radius 3 is 2.69 bits per heavy atom. The van der Waals surface area contributed by atoms with Gasteiger partial charge < -0.3 is 10.1 Å². The first-order chi connectivity index (χ1) is 7.53. The van der Waals surface area contributed by atoms with Crippen molar-refractivity contribution in [1.29, 1.82) is 0 Å². The summed E-state index contributed by atoms with van der Waals surface area (Å²) >= 11 is 0. The summed E-state index contributed by atoms with van der Waals surface area (Å²) < 4.78 is 5.79. The molecule has 0 aliphatic carbocycles. The average molecular weight is 226 g/mol. The molecule has 16 heavy (non-hydrogen) atoms. The van der Waals surface area contributed by atoms with Crippen LogP contribution in [0.5, 0.6) is 0 Å². The fourth-order valence-corrected chi connectivity index (χ4v) is 2.70. The lowest BCUT2D eigenvalue weighted by Gasteiger charge is -2.26. The van der Waals surface area contributed by atoms with E-state index < -0.39 is 0 Å². The van der Waals surface area contributed by atoms with Crippen LogP contribution < -0.4 is 5.32 Å². The number of rotatable bonds is 3. The molecule has 0 amide bonds. The SMILES string of the molecule is CC(C)(C)OCCN1CCC2CCC(C1)N2. The molecule has 2 atom stereocenters. The highest BCUT2D eigenvalue weighted by atomic mass is 16.5. The van der Waals surface area contributed by atoms with E-state index >= 15 is 0 Å². The molecule has 1 N–H and O–H groups in total. The van der Waals surface area contributed by atoms with Crippen molar-refractivity contribution in [3.05, 3.63) is 0 Å². The molecule has 2 bridgehead atoms. The smallest absolute Gasteiger partial charge is 0.0600 e. The summed E-state index contributed by atoms with van der Waals surface area (Å²) in [5.41, 5.74) is 0.00308. The first kappa shape index (κ1) is 12.3. The molecule has 0 saturated carbocycles. The van der Waals surface area contributed by atoms with E-state index in [9.17, 15) is 0 Å². The minimum atomic E-state index is 0.00308. The first-order valence-corrected chi connectivity index (χ1v) is 6.65. The standard InChI is InChI=1S/C13H26N2O/c1-13(2,3)16-9-8-15-7-6-11-4-5-12(10-15)14-11/h11-12,14H,4-10H2,1-3H3. The number of fused-ring (bicyclic) bond motifs is 2. The van der Waals surface area contributed by atoms with Gasteiger partial charge in [-0.2, -0.15) is 0 Å². The summed E-state index contributed by atoms with van der Waals surface area (Å²) in [7, 11) is 0. The molecule has 2 fully saturated rings. The minimum Gasteiger partial charge on any atom is -0.375 e. The van der Waals surface area contributed by atoms with Gasteiger partial charge in [-0.15, -0.1) is 0 Å². The Morgan fingerprint density at radius 2 is 1.94 bits per heavy atom. The van der Waals surface area contributed by atoms with Crippen LogP contribution in [0.1, 0.15) is 40.0 Å². The summed E-state index contributed by atoms with van der Waals surface area (Å²) in [6.07, 6.45) is 4.06. The lowest BCUT2D eigenvalue weighted by molar-refractivity contribution is -0.0134. The van der Waals surface area contributed by atoms with Crippen molar-refractivity contribution in [2.45, 2.75) is 57.7 Å². The van der Waals surface area contributed by atoms with Crippen LogP contribution in [-0.4, -0.2) is 48.8 Å². The molecule has 2 heterocycles. The molecule has 2 unspecified atom stereocenters. The fraction of sp³-hybridized carbons (Fsp3) is 1.00. The van der Waals surface area contributed by atoms with Crippen LogP contribution in [0.25, 0.3) is 0 Å². The van der Waals surface area contributed by atoms with E-state index in [1.165, 1.54) is 32.4 Å². The van der Waals surface area contributed by atoms with Gasteiger partial charge in [-0.25, -0.2) is 0 Å². The lowest BCUT2D eigenvalue weighted by Crippen LogP contribution is -2.37. The molecule has 2 rings (SSSR count). The van der Waals surface area contributed by atoms with E-state index in [0.29, 0.717) is 0 Å². The van der Waals surface area contributed by atoms with Gasteiger partial charge in [0.2, 0.25) is 0 Å². The zero-order valence-electron chi connectivity index (χ0n) is 11.0. The summed E-state index contributed by atoms with van der Waals surface area (Å²) in [6, 6.07) is 1.53. The molecule has 2 saturated heterocycles. The minimum absolute atomic E-state index is 0.00308. The number of likely N-dealkylation sites (tertiary alicyclic amines) is 1. The monoisotopic (exact) mass is 226 g/mol. The van der Waals surface area contributed by atoms with Gasteiger partial charge in [-0.1, -0.05) is 0 Å². The van der Waals surface area contributed by atoms with E-state index in [1.54, 1.807) is 0 Å². The fourth-order valence-electron chi connectivity index (χ4n) is 2.70. The Kier molecular flexibility index (Phi) is 3.88. The normalized spacial score (nSPS) is 31.7. The van der Waals surface area contributed by atoms with Crippen LogP contribution in [0, 0.1) is 0 Å². The Hall–Kier alpha value is -0.120. The zero-order chi connectivity index (χ0) is 11.6. The highest BCUT2D eigenvalue weighted by Gasteiger charge is 2.28. The Labute approximate surface area is 99.5 Å². The van der Waals surface area contributed by atoms with Crippen molar-refractivity contribution >= 4 is 0 Å². The highest BCUT2D eigenvalue weighted by Crippen LogP contribution is 2.20. The predicted molar refractivity (Wildman–Crippen MR) is 66.7 cm³/mol. The maximum Gasteiger partial charge on any atom is 0.0600 e. The zero-order valence-corrected chi connectivity index (χ0v) is 11.0. The molecule has 0 aromatic rings. The van der Waals surface area contributed by atoms with Crippen molar-refractivity contribution in [1.82, 2.24) is 10.2 Å². The molecule has 0 aromatic carbocycles. The third kappa shape index (κ3) is 3.72. The van der Waals surface area contributed by atoms with Crippen LogP contribution in [-0.2, 0) is 4.74 Å². The molecule has 2 aliphatic heterocycles. The molecular formula is C13H26N2O. The molecule has 0 spiro atoms. The van der Waals surface area contributed by atoms with Crippen molar-refractivity contribution in [2.24, 2.45) is 0 Å². The van der Waals surface area contributed by atoms with Crippen LogP contribution >= 0.6 is 0 Å². The summed E-state index contributed by atoms with van der Waals surface area (Å²) in [5.74, 6) is 0. The first-order valence-electron chi connectivity index (χ1n) is 6.65. The van der Waals surface area contributed by atoms with Crippen LogP contribution in [0.2, 0.25) is 0 Å². The van der Waals surface area contributed by atoms with Gasteiger partial charge in [0.25, 0.3) is 0 Å². The van der Waals surface area contributed by atoms with Crippen molar-refractivity contribution in [2.75, 3.05) is 26.2 Å². The van der Waals surface area contributed by atoms with Crippen LogP contribution in [0.3, 0.4) is 0 Å². The second kappa shape index (κ2) is 5.03. The van der Waals surface area contributed by atoms with Crippen molar-refractivity contribution in [3.63, 3.8) is 0 Å². The number of hydrogen-bond donors (Lipinski definition) is 1. The summed E-state index contributed by atoms with van der Waals surface area (Å²) in [4.78, 5) is 2.56. The summed E-state index contributed by atoms with van der Waals surface area (Å²) in [5, 5.41) is 3.71. The van der Waals surface area contributed by atoms with Crippen molar-refractivity contribution < 1.29 is 4.74 Å². The van der Waals surface area contributed by atoms with Crippen LogP contribution in [0.4, 0.5) is 0 Å². The number of ether oxygens (including phenoxy) is 1. The molecule has 3 heteroatoms. The van der Waals surface area contributed by atoms with Crippen molar-refractivity contribution in [3.8, 4) is 0 Å². The number of nitrogens with one attached hydrogen (secondary N) is 1. The topological polar surface area (TPSA) is 24.5 Å². The maximum atomic E-state index is 5.79. The van der Waals surface area contributed by atoms with Gasteiger partial charge in [0, 0.05) is 25.2 Å². The van der Waals surface area contributed by atoms with E-state index in [0.717, 1.165) is 25.2 Å². The Morgan fingerprint density at radius 1 is 1.19 bits per heavy atom.